The normalized spacial score (nSPS) is 18.4. The van der Waals surface area contributed by atoms with E-state index in [1.807, 2.05) is 47.4 Å². The van der Waals surface area contributed by atoms with Crippen molar-refractivity contribution in [1.29, 1.82) is 0 Å². The van der Waals surface area contributed by atoms with E-state index in [1.54, 1.807) is 0 Å². The molecule has 0 unspecified atom stereocenters. The predicted molar refractivity (Wildman–Crippen MR) is 111 cm³/mol. The first-order valence-corrected chi connectivity index (χ1v) is 10.3. The molecule has 0 saturated carbocycles. The number of carbonyl (C=O) groups is 2. The van der Waals surface area contributed by atoms with Crippen LogP contribution < -0.4 is 5.32 Å². The third-order valence-corrected chi connectivity index (χ3v) is 6.39. The minimum Gasteiger partial charge on any atom is -0.343 e. The van der Waals surface area contributed by atoms with E-state index < -0.39 is 0 Å². The van der Waals surface area contributed by atoms with Gasteiger partial charge in [-0.3, -0.25) is 9.59 Å². The molecule has 0 bridgehead atoms. The van der Waals surface area contributed by atoms with Crippen molar-refractivity contribution in [1.82, 2.24) is 10.2 Å². The molecular weight excluding hydrogens is 348 g/mol. The second-order valence-corrected chi connectivity index (χ2v) is 8.17. The molecule has 0 radical (unpaired) electrons. The Balaban J connectivity index is 1.28. The monoisotopic (exact) mass is 376 g/mol. The summed E-state index contributed by atoms with van der Waals surface area (Å²) >= 11 is 0. The standard InChI is InChI=1S/C24H28N2O2/c27-22(21-8-6-20(7-9-21)19-4-2-1-3-5-19)10-11-23(28)26-16-13-24(14-17-26)12-15-25-18-24/h1-9,25H,10-18H2. The van der Waals surface area contributed by atoms with E-state index in [0.717, 1.165) is 50.1 Å². The number of piperidine rings is 1. The summed E-state index contributed by atoms with van der Waals surface area (Å²) in [6.45, 7) is 3.86. The molecule has 0 aliphatic carbocycles. The summed E-state index contributed by atoms with van der Waals surface area (Å²) in [4.78, 5) is 27.0. The Morgan fingerprint density at radius 2 is 1.54 bits per heavy atom. The van der Waals surface area contributed by atoms with E-state index in [-0.39, 0.29) is 18.1 Å². The maximum atomic E-state index is 12.5. The fourth-order valence-corrected chi connectivity index (χ4v) is 4.45. The zero-order valence-corrected chi connectivity index (χ0v) is 16.3. The number of hydrogen-bond donors (Lipinski definition) is 1. The van der Waals surface area contributed by atoms with Gasteiger partial charge in [0.15, 0.2) is 5.78 Å². The average molecular weight is 377 g/mol. The van der Waals surface area contributed by atoms with E-state index in [2.05, 4.69) is 17.4 Å². The van der Waals surface area contributed by atoms with Gasteiger partial charge in [0.25, 0.3) is 0 Å². The van der Waals surface area contributed by atoms with Crippen LogP contribution in [0.2, 0.25) is 0 Å². The molecule has 1 N–H and O–H groups in total. The topological polar surface area (TPSA) is 49.4 Å². The van der Waals surface area contributed by atoms with Gasteiger partial charge < -0.3 is 10.2 Å². The van der Waals surface area contributed by atoms with Crippen molar-refractivity contribution < 1.29 is 9.59 Å². The number of amides is 1. The van der Waals surface area contributed by atoms with Gasteiger partial charge in [0.05, 0.1) is 0 Å². The average Bonchev–Trinajstić information content (AvgIpc) is 3.21. The van der Waals surface area contributed by atoms with Crippen LogP contribution in [0.25, 0.3) is 11.1 Å². The summed E-state index contributed by atoms with van der Waals surface area (Å²) in [6.07, 6.45) is 3.99. The number of hydrogen-bond acceptors (Lipinski definition) is 3. The molecule has 2 fully saturated rings. The molecule has 4 heteroatoms. The third-order valence-electron chi connectivity index (χ3n) is 6.39. The number of rotatable bonds is 5. The third kappa shape index (κ3) is 4.17. The van der Waals surface area contributed by atoms with Crippen LogP contribution in [0.4, 0.5) is 0 Å². The van der Waals surface area contributed by atoms with E-state index >= 15 is 0 Å². The van der Waals surface area contributed by atoms with Crippen molar-refractivity contribution in [2.24, 2.45) is 5.41 Å². The lowest BCUT2D eigenvalue weighted by molar-refractivity contribution is -0.133. The van der Waals surface area contributed by atoms with Gasteiger partial charge in [0.1, 0.15) is 0 Å². The lowest BCUT2D eigenvalue weighted by Crippen LogP contribution is -2.44. The molecular formula is C24H28N2O2. The highest BCUT2D eigenvalue weighted by atomic mass is 16.2. The summed E-state index contributed by atoms with van der Waals surface area (Å²) in [7, 11) is 0. The van der Waals surface area contributed by atoms with Crippen LogP contribution in [0.3, 0.4) is 0 Å². The summed E-state index contributed by atoms with van der Waals surface area (Å²) in [5.74, 6) is 0.163. The molecule has 146 valence electrons. The molecule has 1 spiro atoms. The van der Waals surface area contributed by atoms with Crippen LogP contribution in [0, 0.1) is 5.41 Å². The number of carbonyl (C=O) groups excluding carboxylic acids is 2. The molecule has 2 heterocycles. The van der Waals surface area contributed by atoms with Crippen molar-refractivity contribution in [2.75, 3.05) is 26.2 Å². The fraction of sp³-hybridized carbons (Fsp3) is 0.417. The first-order valence-electron chi connectivity index (χ1n) is 10.3. The molecule has 0 aromatic heterocycles. The molecule has 2 aliphatic heterocycles. The van der Waals surface area contributed by atoms with Crippen molar-refractivity contribution in [3.63, 3.8) is 0 Å². The van der Waals surface area contributed by atoms with Crippen molar-refractivity contribution in [3.05, 3.63) is 60.2 Å². The van der Waals surface area contributed by atoms with Crippen LogP contribution in [-0.4, -0.2) is 42.8 Å². The Hall–Kier alpha value is -2.46. The number of benzene rings is 2. The second-order valence-electron chi connectivity index (χ2n) is 8.17. The van der Waals surface area contributed by atoms with Crippen LogP contribution in [0.5, 0.6) is 0 Å². The number of ketones is 1. The van der Waals surface area contributed by atoms with Crippen LogP contribution >= 0.6 is 0 Å². The summed E-state index contributed by atoms with van der Waals surface area (Å²) in [5.41, 5.74) is 3.32. The Morgan fingerprint density at radius 1 is 0.857 bits per heavy atom. The molecule has 4 nitrogen and oxygen atoms in total. The zero-order chi connectivity index (χ0) is 19.4. The quantitative estimate of drug-likeness (QED) is 0.805. The van der Waals surface area contributed by atoms with Crippen LogP contribution in [0.1, 0.15) is 42.5 Å². The van der Waals surface area contributed by atoms with Crippen molar-refractivity contribution >= 4 is 11.7 Å². The van der Waals surface area contributed by atoms with E-state index in [1.165, 1.54) is 6.42 Å². The van der Waals surface area contributed by atoms with E-state index in [4.69, 9.17) is 0 Å². The number of likely N-dealkylation sites (tertiary alicyclic amines) is 1. The fourth-order valence-electron chi connectivity index (χ4n) is 4.45. The minimum atomic E-state index is 0.0430. The first-order chi connectivity index (χ1) is 13.7. The van der Waals surface area contributed by atoms with Gasteiger partial charge in [0.2, 0.25) is 5.91 Å². The lowest BCUT2D eigenvalue weighted by atomic mass is 9.78. The van der Waals surface area contributed by atoms with Gasteiger partial charge in [-0.15, -0.1) is 0 Å². The van der Waals surface area contributed by atoms with Gasteiger partial charge in [-0.05, 0) is 42.3 Å². The molecule has 2 aliphatic rings. The molecule has 28 heavy (non-hydrogen) atoms. The molecule has 2 saturated heterocycles. The van der Waals surface area contributed by atoms with Gasteiger partial charge in [0, 0.05) is 38.0 Å². The van der Waals surface area contributed by atoms with Gasteiger partial charge in [-0.1, -0.05) is 54.6 Å². The van der Waals surface area contributed by atoms with Crippen LogP contribution in [-0.2, 0) is 4.79 Å². The second kappa shape index (κ2) is 8.27. The number of Topliss-reactive ketones (excluding diaryl/α,β-unsaturated/α-hetero) is 1. The lowest BCUT2D eigenvalue weighted by Gasteiger charge is -2.38. The smallest absolute Gasteiger partial charge is 0.223 e. The van der Waals surface area contributed by atoms with Crippen LogP contribution in [0.15, 0.2) is 54.6 Å². The van der Waals surface area contributed by atoms with Crippen molar-refractivity contribution in [3.8, 4) is 11.1 Å². The highest BCUT2D eigenvalue weighted by Gasteiger charge is 2.37. The predicted octanol–water partition coefficient (Wildman–Crippen LogP) is 3.92. The first kappa shape index (κ1) is 18.9. The zero-order valence-electron chi connectivity index (χ0n) is 16.3. The molecule has 2 aromatic rings. The molecule has 0 atom stereocenters. The maximum absolute atomic E-state index is 12.5. The minimum absolute atomic E-state index is 0.0430. The molecule has 1 amide bonds. The Morgan fingerprint density at radius 3 is 2.18 bits per heavy atom. The van der Waals surface area contributed by atoms with Gasteiger partial charge in [-0.25, -0.2) is 0 Å². The number of nitrogens with one attached hydrogen (secondary N) is 1. The summed E-state index contributed by atoms with van der Waals surface area (Å²) < 4.78 is 0. The maximum Gasteiger partial charge on any atom is 0.223 e. The van der Waals surface area contributed by atoms with Gasteiger partial charge >= 0.3 is 0 Å². The molecule has 4 rings (SSSR count). The highest BCUT2D eigenvalue weighted by Crippen LogP contribution is 2.37. The van der Waals surface area contributed by atoms with Gasteiger partial charge in [-0.2, -0.15) is 0 Å². The highest BCUT2D eigenvalue weighted by molar-refractivity contribution is 5.98. The van der Waals surface area contributed by atoms with E-state index in [0.29, 0.717) is 17.4 Å². The van der Waals surface area contributed by atoms with E-state index in [9.17, 15) is 9.59 Å². The Labute approximate surface area is 166 Å². The number of nitrogens with zero attached hydrogens (tertiary/aromatic N) is 1. The molecule has 2 aromatic carbocycles. The Bertz CT molecular complexity index is 813. The Kier molecular flexibility index (Phi) is 5.58. The largest absolute Gasteiger partial charge is 0.343 e. The van der Waals surface area contributed by atoms with Crippen molar-refractivity contribution in [2.45, 2.75) is 32.1 Å². The summed E-state index contributed by atoms with van der Waals surface area (Å²) in [5, 5.41) is 3.45. The SMILES string of the molecule is O=C(CCC(=O)N1CCC2(CCNC2)CC1)c1ccc(-c2ccccc2)cc1. The summed E-state index contributed by atoms with van der Waals surface area (Å²) in [6, 6.07) is 17.8.